The third-order valence-corrected chi connectivity index (χ3v) is 3.63. The van der Waals surface area contributed by atoms with Crippen molar-refractivity contribution in [1.82, 2.24) is 4.98 Å². The maximum atomic E-state index is 11.0. The van der Waals surface area contributed by atoms with Crippen LogP contribution in [0.15, 0.2) is 12.1 Å². The van der Waals surface area contributed by atoms with Gasteiger partial charge in [0.25, 0.3) is 0 Å². The normalized spacial score (nSPS) is 27.0. The number of ether oxygens (including phenoxy) is 1. The van der Waals surface area contributed by atoms with Gasteiger partial charge in [-0.1, -0.05) is 25.4 Å². The third-order valence-electron chi connectivity index (χ3n) is 3.44. The van der Waals surface area contributed by atoms with Gasteiger partial charge in [0, 0.05) is 6.07 Å². The zero-order valence-corrected chi connectivity index (χ0v) is 11.9. The number of aromatic carboxylic acids is 1. The quantitative estimate of drug-likeness (QED) is 0.861. The van der Waals surface area contributed by atoms with E-state index >= 15 is 0 Å². The van der Waals surface area contributed by atoms with Crippen molar-refractivity contribution in [1.29, 1.82) is 0 Å². The van der Waals surface area contributed by atoms with Crippen molar-refractivity contribution in [3.05, 3.63) is 22.8 Å². The first-order valence-electron chi connectivity index (χ1n) is 6.51. The molecule has 2 unspecified atom stereocenters. The molecule has 1 aromatic heterocycles. The Morgan fingerprint density at radius 1 is 1.32 bits per heavy atom. The van der Waals surface area contributed by atoms with E-state index < -0.39 is 5.97 Å². The first kappa shape index (κ1) is 14.1. The van der Waals surface area contributed by atoms with E-state index in [1.165, 1.54) is 18.6 Å². The molecule has 5 heteroatoms. The van der Waals surface area contributed by atoms with Gasteiger partial charge >= 0.3 is 5.97 Å². The van der Waals surface area contributed by atoms with Crippen LogP contribution in [0.3, 0.4) is 0 Å². The summed E-state index contributed by atoms with van der Waals surface area (Å²) in [4.78, 5) is 15.0. The van der Waals surface area contributed by atoms with E-state index in [4.69, 9.17) is 21.4 Å². The molecular formula is C14H18ClNO3. The Bertz CT molecular complexity index is 468. The minimum Gasteiger partial charge on any atom is -0.478 e. The predicted molar refractivity (Wildman–Crippen MR) is 72.8 cm³/mol. The number of pyridine rings is 1. The zero-order chi connectivity index (χ0) is 14.0. The van der Waals surface area contributed by atoms with Crippen molar-refractivity contribution in [2.24, 2.45) is 11.8 Å². The molecule has 4 nitrogen and oxygen atoms in total. The summed E-state index contributed by atoms with van der Waals surface area (Å²) in [5.74, 6) is 0.509. The number of aromatic nitrogens is 1. The highest BCUT2D eigenvalue weighted by molar-refractivity contribution is 6.29. The van der Waals surface area contributed by atoms with Gasteiger partial charge in [0.15, 0.2) is 0 Å². The molecule has 104 valence electrons. The van der Waals surface area contributed by atoms with Crippen LogP contribution in [0.4, 0.5) is 0 Å². The molecule has 1 N–H and O–H groups in total. The fourth-order valence-electron chi connectivity index (χ4n) is 2.80. The first-order chi connectivity index (χ1) is 8.94. The largest absolute Gasteiger partial charge is 0.478 e. The smallest absolute Gasteiger partial charge is 0.335 e. The molecular weight excluding hydrogens is 266 g/mol. The Hall–Kier alpha value is -1.29. The molecule has 0 bridgehead atoms. The van der Waals surface area contributed by atoms with Crippen molar-refractivity contribution in [3.63, 3.8) is 0 Å². The second kappa shape index (κ2) is 5.78. The minimum atomic E-state index is -1.03. The van der Waals surface area contributed by atoms with E-state index in [0.717, 1.165) is 12.8 Å². The number of carboxylic acid groups (broad SMARTS) is 1. The number of nitrogens with zero attached hydrogens (tertiary/aromatic N) is 1. The topological polar surface area (TPSA) is 59.4 Å². The van der Waals surface area contributed by atoms with Crippen LogP contribution in [-0.2, 0) is 0 Å². The summed E-state index contributed by atoms with van der Waals surface area (Å²) < 4.78 is 5.81. The van der Waals surface area contributed by atoms with E-state index in [9.17, 15) is 4.79 Å². The van der Waals surface area contributed by atoms with Crippen LogP contribution in [0, 0.1) is 11.8 Å². The summed E-state index contributed by atoms with van der Waals surface area (Å²) in [6, 6.07) is 2.75. The van der Waals surface area contributed by atoms with E-state index in [2.05, 4.69) is 18.8 Å². The maximum absolute atomic E-state index is 11.0. The molecule has 0 aromatic carbocycles. The summed E-state index contributed by atoms with van der Waals surface area (Å²) in [5, 5.41) is 9.13. The highest BCUT2D eigenvalue weighted by Crippen LogP contribution is 2.31. The fraction of sp³-hybridized carbons (Fsp3) is 0.571. The monoisotopic (exact) mass is 283 g/mol. The minimum absolute atomic E-state index is 0.0892. The lowest BCUT2D eigenvalue weighted by Gasteiger charge is -2.31. The highest BCUT2D eigenvalue weighted by atomic mass is 35.5. The molecule has 0 radical (unpaired) electrons. The molecule has 2 atom stereocenters. The van der Waals surface area contributed by atoms with E-state index in [1.807, 2.05) is 0 Å². The number of rotatable bonds is 3. The number of carboxylic acids is 1. The van der Waals surface area contributed by atoms with Crippen molar-refractivity contribution in [3.8, 4) is 5.88 Å². The summed E-state index contributed by atoms with van der Waals surface area (Å²) in [5.41, 5.74) is 0.104. The summed E-state index contributed by atoms with van der Waals surface area (Å²) in [6.07, 6.45) is 3.25. The maximum Gasteiger partial charge on any atom is 0.335 e. The van der Waals surface area contributed by atoms with Crippen LogP contribution in [0.25, 0.3) is 0 Å². The van der Waals surface area contributed by atoms with Crippen molar-refractivity contribution in [2.45, 2.75) is 39.2 Å². The highest BCUT2D eigenvalue weighted by Gasteiger charge is 2.25. The molecule has 0 amide bonds. The lowest BCUT2D eigenvalue weighted by atomic mass is 9.82. The second-order valence-electron chi connectivity index (χ2n) is 5.48. The predicted octanol–water partition coefficient (Wildman–Crippen LogP) is 3.64. The van der Waals surface area contributed by atoms with Crippen LogP contribution >= 0.6 is 11.6 Å². The van der Waals surface area contributed by atoms with Crippen molar-refractivity contribution in [2.75, 3.05) is 0 Å². The van der Waals surface area contributed by atoms with Crippen LogP contribution < -0.4 is 4.74 Å². The molecule has 1 aliphatic rings. The van der Waals surface area contributed by atoms with Gasteiger partial charge in [0.2, 0.25) is 5.88 Å². The second-order valence-corrected chi connectivity index (χ2v) is 5.87. The number of halogens is 1. The van der Waals surface area contributed by atoms with Gasteiger partial charge in [-0.3, -0.25) is 0 Å². The van der Waals surface area contributed by atoms with Gasteiger partial charge in [0.1, 0.15) is 11.3 Å². The number of hydrogen-bond acceptors (Lipinski definition) is 3. The number of carbonyl (C=O) groups is 1. The molecule has 1 saturated carbocycles. The van der Waals surface area contributed by atoms with E-state index in [0.29, 0.717) is 17.7 Å². The Balaban J connectivity index is 2.12. The summed E-state index contributed by atoms with van der Waals surface area (Å²) >= 11 is 5.81. The molecule has 1 fully saturated rings. The number of hydrogen-bond donors (Lipinski definition) is 1. The molecule has 1 aromatic rings. The Morgan fingerprint density at radius 3 is 2.53 bits per heavy atom. The van der Waals surface area contributed by atoms with Gasteiger partial charge in [0.05, 0.1) is 5.56 Å². The van der Waals surface area contributed by atoms with E-state index in [1.54, 1.807) is 0 Å². The molecule has 0 saturated heterocycles. The lowest BCUT2D eigenvalue weighted by molar-refractivity contribution is 0.0692. The van der Waals surface area contributed by atoms with Crippen molar-refractivity contribution >= 4 is 17.6 Å². The molecule has 19 heavy (non-hydrogen) atoms. The standard InChI is InChI=1S/C14H18ClNO3/c1-8-3-9(2)5-11(4-8)19-13-7-10(14(17)18)6-12(15)16-13/h6-9,11H,3-5H2,1-2H3,(H,17,18). The van der Waals surface area contributed by atoms with Crippen LogP contribution in [0.1, 0.15) is 43.5 Å². The molecule has 0 spiro atoms. The molecule has 1 heterocycles. The van der Waals surface area contributed by atoms with Crippen molar-refractivity contribution < 1.29 is 14.6 Å². The van der Waals surface area contributed by atoms with Crippen LogP contribution in [0.2, 0.25) is 5.15 Å². The van der Waals surface area contributed by atoms with Gasteiger partial charge < -0.3 is 9.84 Å². The molecule has 2 rings (SSSR count). The van der Waals surface area contributed by atoms with Gasteiger partial charge in [-0.05, 0) is 37.2 Å². The Kier molecular flexibility index (Phi) is 4.30. The Labute approximate surface area is 117 Å². The van der Waals surface area contributed by atoms with Crippen LogP contribution in [-0.4, -0.2) is 22.2 Å². The fourth-order valence-corrected chi connectivity index (χ4v) is 3.00. The molecule has 1 aliphatic carbocycles. The average Bonchev–Trinajstić information content (AvgIpc) is 2.26. The first-order valence-corrected chi connectivity index (χ1v) is 6.89. The average molecular weight is 284 g/mol. The molecule has 0 aliphatic heterocycles. The van der Waals surface area contributed by atoms with Gasteiger partial charge in [-0.2, -0.15) is 0 Å². The Morgan fingerprint density at radius 2 is 1.95 bits per heavy atom. The van der Waals surface area contributed by atoms with E-state index in [-0.39, 0.29) is 16.8 Å². The summed E-state index contributed by atoms with van der Waals surface area (Å²) in [6.45, 7) is 4.42. The van der Waals surface area contributed by atoms with Gasteiger partial charge in [-0.15, -0.1) is 0 Å². The third kappa shape index (κ3) is 3.83. The van der Waals surface area contributed by atoms with Crippen LogP contribution in [0.5, 0.6) is 5.88 Å². The SMILES string of the molecule is CC1CC(C)CC(Oc2cc(C(=O)O)cc(Cl)n2)C1. The lowest BCUT2D eigenvalue weighted by Crippen LogP contribution is -2.28. The van der Waals surface area contributed by atoms with Gasteiger partial charge in [-0.25, -0.2) is 9.78 Å². The zero-order valence-electron chi connectivity index (χ0n) is 11.1. The summed E-state index contributed by atoms with van der Waals surface area (Å²) in [7, 11) is 0.